The number of rotatable bonds is 4. The summed E-state index contributed by atoms with van der Waals surface area (Å²) < 4.78 is 94.1. The number of ether oxygens (including phenoxy) is 1. The summed E-state index contributed by atoms with van der Waals surface area (Å²) in [6.45, 7) is 0. The molecule has 1 heterocycles. The van der Waals surface area contributed by atoms with Gasteiger partial charge in [-0.3, -0.25) is 9.78 Å². The summed E-state index contributed by atoms with van der Waals surface area (Å²) in [6.07, 6.45) is -8.55. The summed E-state index contributed by atoms with van der Waals surface area (Å²) in [7, 11) is 0. The Bertz CT molecular complexity index is 1090. The van der Waals surface area contributed by atoms with E-state index in [1.165, 1.54) is 0 Å². The highest BCUT2D eigenvalue weighted by molar-refractivity contribution is 6.04. The first-order valence-electron chi connectivity index (χ1n) is 8.43. The number of hydrogen-bond donors (Lipinski definition) is 1. The topological polar surface area (TPSA) is 51.2 Å². The van der Waals surface area contributed by atoms with Gasteiger partial charge >= 0.3 is 12.5 Å². The average Bonchev–Trinajstić information content (AvgIpc) is 2.67. The number of carbonyl (C=O) groups excluding carboxylic acids is 1. The second-order valence-electron chi connectivity index (χ2n) is 6.12. The quantitative estimate of drug-likeness (QED) is 0.498. The predicted octanol–water partition coefficient (Wildman–Crippen LogP) is 6.06. The van der Waals surface area contributed by atoms with Crippen LogP contribution in [0.5, 0.6) is 5.75 Å². The van der Waals surface area contributed by atoms with Crippen molar-refractivity contribution in [1.82, 2.24) is 4.98 Å². The van der Waals surface area contributed by atoms with Crippen molar-refractivity contribution in [3.05, 3.63) is 77.7 Å². The number of alkyl halides is 6. The van der Waals surface area contributed by atoms with Crippen molar-refractivity contribution in [3.63, 3.8) is 0 Å². The molecule has 162 valence electrons. The average molecular weight is 444 g/mol. The number of nitrogens with one attached hydrogen (secondary N) is 1. The molecule has 0 spiro atoms. The van der Waals surface area contributed by atoms with Crippen LogP contribution in [0.15, 0.2) is 60.8 Å². The number of nitrogens with zero attached hydrogens (tertiary/aromatic N) is 1. The smallest absolute Gasteiger partial charge is 0.406 e. The monoisotopic (exact) mass is 444 g/mol. The molecule has 4 nitrogen and oxygen atoms in total. The number of amides is 1. The SMILES string of the molecule is O=C(Nc1ccc(OC(F)(F)F)cc1)c1ccc(-c2ncccc2C(F)(F)F)c(F)c1. The number of anilines is 1. The molecule has 11 heteroatoms. The van der Waals surface area contributed by atoms with Gasteiger partial charge in [-0.25, -0.2) is 4.39 Å². The van der Waals surface area contributed by atoms with Gasteiger partial charge in [-0.2, -0.15) is 13.2 Å². The Hall–Kier alpha value is -3.63. The molecule has 1 amide bonds. The molecule has 3 rings (SSSR count). The van der Waals surface area contributed by atoms with E-state index < -0.39 is 46.8 Å². The van der Waals surface area contributed by atoms with Crippen molar-refractivity contribution < 1.29 is 40.3 Å². The van der Waals surface area contributed by atoms with Crippen LogP contribution in [0.25, 0.3) is 11.3 Å². The summed E-state index contributed by atoms with van der Waals surface area (Å²) in [6, 6.07) is 8.84. The molecule has 0 aliphatic heterocycles. The van der Waals surface area contributed by atoms with Gasteiger partial charge in [0, 0.05) is 23.0 Å². The van der Waals surface area contributed by atoms with E-state index >= 15 is 0 Å². The lowest BCUT2D eigenvalue weighted by atomic mass is 10.0. The summed E-state index contributed by atoms with van der Waals surface area (Å²) >= 11 is 0. The van der Waals surface area contributed by atoms with Crippen molar-refractivity contribution in [2.45, 2.75) is 12.5 Å². The van der Waals surface area contributed by atoms with Gasteiger partial charge in [0.15, 0.2) is 0 Å². The van der Waals surface area contributed by atoms with Crippen LogP contribution in [0.2, 0.25) is 0 Å². The molecule has 0 fully saturated rings. The molecule has 1 N–H and O–H groups in total. The third-order valence-corrected chi connectivity index (χ3v) is 3.95. The van der Waals surface area contributed by atoms with Gasteiger partial charge in [-0.15, -0.1) is 13.2 Å². The first-order valence-corrected chi connectivity index (χ1v) is 8.43. The maximum absolute atomic E-state index is 14.5. The van der Waals surface area contributed by atoms with Crippen LogP contribution in [-0.2, 0) is 6.18 Å². The van der Waals surface area contributed by atoms with Crippen LogP contribution in [0, 0.1) is 5.82 Å². The minimum Gasteiger partial charge on any atom is -0.406 e. The fourth-order valence-electron chi connectivity index (χ4n) is 2.64. The maximum Gasteiger partial charge on any atom is 0.573 e. The lowest BCUT2D eigenvalue weighted by Crippen LogP contribution is -2.17. The third-order valence-electron chi connectivity index (χ3n) is 3.95. The number of carbonyl (C=O) groups is 1. The molecule has 3 aromatic rings. The maximum atomic E-state index is 14.5. The lowest BCUT2D eigenvalue weighted by molar-refractivity contribution is -0.274. The first kappa shape index (κ1) is 22.1. The Morgan fingerprint density at radius 1 is 0.935 bits per heavy atom. The van der Waals surface area contributed by atoms with Crippen LogP contribution < -0.4 is 10.1 Å². The van der Waals surface area contributed by atoms with E-state index in [1.807, 2.05) is 0 Å². The summed E-state index contributed by atoms with van der Waals surface area (Å²) in [5, 5.41) is 2.33. The summed E-state index contributed by atoms with van der Waals surface area (Å²) in [4.78, 5) is 15.9. The van der Waals surface area contributed by atoms with Crippen molar-refractivity contribution in [2.24, 2.45) is 0 Å². The van der Waals surface area contributed by atoms with Crippen LogP contribution in [-0.4, -0.2) is 17.3 Å². The molecule has 0 aliphatic rings. The van der Waals surface area contributed by atoms with Crippen LogP contribution in [0.1, 0.15) is 15.9 Å². The standard InChI is InChI=1S/C20H11F7N2O2/c21-16-10-11(3-8-14(16)17-15(19(22,23)24)2-1-9-28-17)18(30)29-12-4-6-13(7-5-12)31-20(25,26)27/h1-10H,(H,29,30). The second-order valence-corrected chi connectivity index (χ2v) is 6.12. The molecular weight excluding hydrogens is 433 g/mol. The van der Waals surface area contributed by atoms with Crippen molar-refractivity contribution in [1.29, 1.82) is 0 Å². The summed E-state index contributed by atoms with van der Waals surface area (Å²) in [5.74, 6) is -2.44. The van der Waals surface area contributed by atoms with E-state index in [1.54, 1.807) is 0 Å². The molecule has 2 aromatic carbocycles. The Morgan fingerprint density at radius 3 is 2.19 bits per heavy atom. The number of aromatic nitrogens is 1. The second kappa shape index (κ2) is 8.25. The van der Waals surface area contributed by atoms with Crippen molar-refractivity contribution in [3.8, 4) is 17.0 Å². The molecule has 1 aromatic heterocycles. The molecule has 0 radical (unpaired) electrons. The zero-order valence-corrected chi connectivity index (χ0v) is 15.2. The number of hydrogen-bond acceptors (Lipinski definition) is 3. The zero-order chi connectivity index (χ0) is 22.8. The van der Waals surface area contributed by atoms with Crippen LogP contribution in [0.4, 0.5) is 36.4 Å². The molecule has 0 bridgehead atoms. The molecular formula is C20H11F7N2O2. The van der Waals surface area contributed by atoms with Gasteiger partial charge in [0.1, 0.15) is 11.6 Å². The first-order chi connectivity index (χ1) is 14.4. The fraction of sp³-hybridized carbons (Fsp3) is 0.100. The van der Waals surface area contributed by atoms with Gasteiger partial charge in [0.05, 0.1) is 11.3 Å². The lowest BCUT2D eigenvalue weighted by Gasteiger charge is -2.13. The van der Waals surface area contributed by atoms with E-state index in [0.717, 1.165) is 60.8 Å². The fourth-order valence-corrected chi connectivity index (χ4v) is 2.64. The van der Waals surface area contributed by atoms with Gasteiger partial charge in [0.2, 0.25) is 0 Å². The Kier molecular flexibility index (Phi) is 5.87. The van der Waals surface area contributed by atoms with E-state index in [0.29, 0.717) is 0 Å². The van der Waals surface area contributed by atoms with Gasteiger partial charge in [-0.1, -0.05) is 0 Å². The van der Waals surface area contributed by atoms with Crippen LogP contribution in [0.3, 0.4) is 0 Å². The number of halogens is 7. The largest absolute Gasteiger partial charge is 0.573 e. The zero-order valence-electron chi connectivity index (χ0n) is 15.2. The highest BCUT2D eigenvalue weighted by Crippen LogP contribution is 2.36. The molecule has 0 unspecified atom stereocenters. The third kappa shape index (κ3) is 5.50. The normalized spacial score (nSPS) is 11.8. The van der Waals surface area contributed by atoms with E-state index in [-0.39, 0.29) is 11.3 Å². The molecule has 0 saturated carbocycles. The minimum atomic E-state index is -4.87. The van der Waals surface area contributed by atoms with E-state index in [4.69, 9.17) is 0 Å². The van der Waals surface area contributed by atoms with E-state index in [9.17, 15) is 35.5 Å². The van der Waals surface area contributed by atoms with E-state index in [2.05, 4.69) is 15.0 Å². The van der Waals surface area contributed by atoms with Gasteiger partial charge in [-0.05, 0) is 54.6 Å². The molecule has 31 heavy (non-hydrogen) atoms. The van der Waals surface area contributed by atoms with Gasteiger partial charge in [0.25, 0.3) is 5.91 Å². The number of pyridine rings is 1. The Labute approximate surface area is 170 Å². The molecule has 0 aliphatic carbocycles. The molecule has 0 atom stereocenters. The highest BCUT2D eigenvalue weighted by Gasteiger charge is 2.35. The summed E-state index contributed by atoms with van der Waals surface area (Å²) in [5.41, 5.74) is -2.33. The minimum absolute atomic E-state index is 0.0908. The number of benzene rings is 2. The Balaban J connectivity index is 1.80. The van der Waals surface area contributed by atoms with Crippen molar-refractivity contribution in [2.75, 3.05) is 5.32 Å². The highest BCUT2D eigenvalue weighted by atomic mass is 19.4. The Morgan fingerprint density at radius 2 is 1.61 bits per heavy atom. The van der Waals surface area contributed by atoms with Crippen molar-refractivity contribution >= 4 is 11.6 Å². The van der Waals surface area contributed by atoms with Gasteiger partial charge < -0.3 is 10.1 Å². The van der Waals surface area contributed by atoms with Crippen LogP contribution >= 0.6 is 0 Å². The predicted molar refractivity (Wildman–Crippen MR) is 95.7 cm³/mol. The molecule has 0 saturated heterocycles.